The highest BCUT2D eigenvalue weighted by Gasteiger charge is 2.24. The van der Waals surface area contributed by atoms with Gasteiger partial charge in [0.2, 0.25) is 5.91 Å². The lowest BCUT2D eigenvalue weighted by Gasteiger charge is -2.16. The van der Waals surface area contributed by atoms with Gasteiger partial charge in [0.25, 0.3) is 5.91 Å². The Bertz CT molecular complexity index is 637. The van der Waals surface area contributed by atoms with Crippen LogP contribution in [-0.4, -0.2) is 29.6 Å². The van der Waals surface area contributed by atoms with Gasteiger partial charge in [0.1, 0.15) is 5.71 Å². The summed E-state index contributed by atoms with van der Waals surface area (Å²) >= 11 is 0. The standard InChI is InChI=1S/C16H19N3O4/c1-10-3-5-12(6-4-10)9-17-15(21)11(2)23-16(22)13-7-8-14(20)19-18-13/h3-6,11H,7-9H2,1-2H3,(H,17,21)(H,19,20)/t11-/m1/s1. The van der Waals surface area contributed by atoms with Crippen molar-refractivity contribution in [2.45, 2.75) is 39.3 Å². The Labute approximate surface area is 134 Å². The third kappa shape index (κ3) is 4.91. The van der Waals surface area contributed by atoms with Crippen LogP contribution in [0.3, 0.4) is 0 Å². The van der Waals surface area contributed by atoms with Crippen LogP contribution >= 0.6 is 0 Å². The van der Waals surface area contributed by atoms with Crippen molar-refractivity contribution in [3.63, 3.8) is 0 Å². The molecule has 0 saturated heterocycles. The molecular formula is C16H19N3O4. The van der Waals surface area contributed by atoms with Crippen LogP contribution in [0, 0.1) is 6.92 Å². The topological polar surface area (TPSA) is 96.9 Å². The fourth-order valence-electron chi connectivity index (χ4n) is 1.94. The third-order valence-electron chi connectivity index (χ3n) is 3.38. The van der Waals surface area contributed by atoms with Crippen molar-refractivity contribution in [3.05, 3.63) is 35.4 Å². The van der Waals surface area contributed by atoms with Crippen molar-refractivity contribution in [1.29, 1.82) is 0 Å². The number of hydrazone groups is 1. The number of nitrogens with zero attached hydrogens (tertiary/aromatic N) is 1. The molecule has 2 N–H and O–H groups in total. The monoisotopic (exact) mass is 317 g/mol. The zero-order chi connectivity index (χ0) is 16.8. The van der Waals surface area contributed by atoms with E-state index >= 15 is 0 Å². The molecule has 1 aromatic rings. The lowest BCUT2D eigenvalue weighted by Crippen LogP contribution is -2.38. The fraction of sp³-hybridized carbons (Fsp3) is 0.375. The van der Waals surface area contributed by atoms with Crippen LogP contribution in [-0.2, 0) is 25.7 Å². The lowest BCUT2D eigenvalue weighted by molar-refractivity contribution is -0.148. The van der Waals surface area contributed by atoms with Crippen molar-refractivity contribution in [1.82, 2.24) is 10.7 Å². The molecule has 1 aromatic carbocycles. The summed E-state index contributed by atoms with van der Waals surface area (Å²) in [5.74, 6) is -1.33. The summed E-state index contributed by atoms with van der Waals surface area (Å²) < 4.78 is 5.06. The quantitative estimate of drug-likeness (QED) is 0.785. The minimum atomic E-state index is -0.937. The van der Waals surface area contributed by atoms with E-state index in [0.29, 0.717) is 6.54 Å². The number of hydrogen-bond donors (Lipinski definition) is 2. The molecule has 0 aliphatic carbocycles. The first-order chi connectivity index (χ1) is 11.0. The molecule has 23 heavy (non-hydrogen) atoms. The molecule has 0 spiro atoms. The number of rotatable bonds is 5. The van der Waals surface area contributed by atoms with Crippen molar-refractivity contribution in [2.24, 2.45) is 5.10 Å². The zero-order valence-corrected chi connectivity index (χ0v) is 13.1. The third-order valence-corrected chi connectivity index (χ3v) is 3.38. The second-order valence-electron chi connectivity index (χ2n) is 5.34. The Morgan fingerprint density at radius 2 is 2.00 bits per heavy atom. The average molecular weight is 317 g/mol. The molecule has 0 aromatic heterocycles. The van der Waals surface area contributed by atoms with E-state index in [4.69, 9.17) is 4.74 Å². The van der Waals surface area contributed by atoms with E-state index in [0.717, 1.165) is 11.1 Å². The summed E-state index contributed by atoms with van der Waals surface area (Å²) in [5, 5.41) is 6.34. The molecule has 2 amide bonds. The maximum Gasteiger partial charge on any atom is 0.355 e. The van der Waals surface area contributed by atoms with E-state index < -0.39 is 12.1 Å². The van der Waals surface area contributed by atoms with Crippen molar-refractivity contribution >= 4 is 23.5 Å². The van der Waals surface area contributed by atoms with Gasteiger partial charge in [-0.15, -0.1) is 0 Å². The first-order valence-electron chi connectivity index (χ1n) is 7.35. The fourth-order valence-corrected chi connectivity index (χ4v) is 1.94. The summed E-state index contributed by atoms with van der Waals surface area (Å²) in [6.45, 7) is 3.84. The Hall–Kier alpha value is -2.70. The first kappa shape index (κ1) is 16.7. The predicted octanol–water partition coefficient (Wildman–Crippen LogP) is 0.809. The van der Waals surface area contributed by atoms with Gasteiger partial charge in [-0.1, -0.05) is 29.8 Å². The number of aryl methyl sites for hydroxylation is 1. The minimum absolute atomic E-state index is 0.114. The van der Waals surface area contributed by atoms with Crippen molar-refractivity contribution in [3.8, 4) is 0 Å². The first-order valence-corrected chi connectivity index (χ1v) is 7.35. The van der Waals surface area contributed by atoms with E-state index in [-0.39, 0.29) is 30.4 Å². The van der Waals surface area contributed by atoms with E-state index in [2.05, 4.69) is 15.8 Å². The van der Waals surface area contributed by atoms with Gasteiger partial charge in [-0.05, 0) is 19.4 Å². The Morgan fingerprint density at radius 1 is 1.30 bits per heavy atom. The van der Waals surface area contributed by atoms with Gasteiger partial charge >= 0.3 is 5.97 Å². The van der Waals surface area contributed by atoms with Crippen molar-refractivity contribution in [2.75, 3.05) is 0 Å². The smallest absolute Gasteiger partial charge is 0.355 e. The molecule has 0 unspecified atom stereocenters. The normalized spacial score (nSPS) is 15.2. The molecule has 1 heterocycles. The van der Waals surface area contributed by atoms with Gasteiger partial charge in [0, 0.05) is 19.4 Å². The number of ether oxygens (including phenoxy) is 1. The van der Waals surface area contributed by atoms with Gasteiger partial charge in [-0.3, -0.25) is 9.59 Å². The molecule has 7 heteroatoms. The van der Waals surface area contributed by atoms with Crippen LogP contribution in [0.4, 0.5) is 0 Å². The van der Waals surface area contributed by atoms with Crippen molar-refractivity contribution < 1.29 is 19.1 Å². The molecule has 2 rings (SSSR count). The maximum atomic E-state index is 12.0. The number of benzene rings is 1. The Balaban J connectivity index is 1.81. The number of nitrogens with one attached hydrogen (secondary N) is 2. The number of hydrogen-bond acceptors (Lipinski definition) is 5. The Morgan fingerprint density at radius 3 is 2.61 bits per heavy atom. The molecule has 0 saturated carbocycles. The van der Waals surface area contributed by atoms with Gasteiger partial charge < -0.3 is 10.1 Å². The predicted molar refractivity (Wildman–Crippen MR) is 83.4 cm³/mol. The van der Waals surface area contributed by atoms with Crippen LogP contribution in [0.15, 0.2) is 29.4 Å². The van der Waals surface area contributed by atoms with Crippen LogP contribution in [0.2, 0.25) is 0 Å². The van der Waals surface area contributed by atoms with Crippen LogP contribution in [0.25, 0.3) is 0 Å². The van der Waals surface area contributed by atoms with E-state index in [9.17, 15) is 14.4 Å². The highest BCUT2D eigenvalue weighted by atomic mass is 16.5. The van der Waals surface area contributed by atoms with E-state index in [1.54, 1.807) is 0 Å². The van der Waals surface area contributed by atoms with Crippen LogP contribution < -0.4 is 10.7 Å². The molecule has 122 valence electrons. The molecule has 0 bridgehead atoms. The number of carbonyl (C=O) groups excluding carboxylic acids is 3. The average Bonchev–Trinajstić information content (AvgIpc) is 2.54. The summed E-state index contributed by atoms with van der Waals surface area (Å²) in [6, 6.07) is 7.76. The zero-order valence-electron chi connectivity index (χ0n) is 13.1. The van der Waals surface area contributed by atoms with Crippen LogP contribution in [0.5, 0.6) is 0 Å². The molecule has 0 radical (unpaired) electrons. The second-order valence-corrected chi connectivity index (χ2v) is 5.34. The van der Waals surface area contributed by atoms with Crippen LogP contribution in [0.1, 0.15) is 30.9 Å². The molecule has 1 atom stereocenters. The molecule has 0 fully saturated rings. The largest absolute Gasteiger partial charge is 0.448 e. The van der Waals surface area contributed by atoms with E-state index in [1.165, 1.54) is 6.92 Å². The van der Waals surface area contributed by atoms with Gasteiger partial charge in [-0.2, -0.15) is 5.10 Å². The van der Waals surface area contributed by atoms with Gasteiger partial charge in [-0.25, -0.2) is 10.2 Å². The number of esters is 1. The molecule has 7 nitrogen and oxygen atoms in total. The maximum absolute atomic E-state index is 12.0. The Kier molecular flexibility index (Phi) is 5.46. The number of amides is 2. The van der Waals surface area contributed by atoms with Gasteiger partial charge in [0.15, 0.2) is 6.10 Å². The highest BCUT2D eigenvalue weighted by Crippen LogP contribution is 2.05. The van der Waals surface area contributed by atoms with Gasteiger partial charge in [0.05, 0.1) is 0 Å². The SMILES string of the molecule is Cc1ccc(CNC(=O)[C@@H](C)OC(=O)C2=NNC(=O)CC2)cc1. The lowest BCUT2D eigenvalue weighted by atomic mass is 10.1. The molecular weight excluding hydrogens is 298 g/mol. The summed E-state index contributed by atoms with van der Waals surface area (Å²) in [6.07, 6.45) is -0.544. The summed E-state index contributed by atoms with van der Waals surface area (Å²) in [7, 11) is 0. The highest BCUT2D eigenvalue weighted by molar-refractivity contribution is 6.37. The summed E-state index contributed by atoms with van der Waals surface area (Å²) in [5.41, 5.74) is 4.43. The molecule has 1 aliphatic heterocycles. The second kappa shape index (κ2) is 7.53. The number of carbonyl (C=O) groups is 3. The minimum Gasteiger partial charge on any atom is -0.448 e. The summed E-state index contributed by atoms with van der Waals surface area (Å²) in [4.78, 5) is 34.8. The van der Waals surface area contributed by atoms with E-state index in [1.807, 2.05) is 31.2 Å². The molecule has 1 aliphatic rings.